The molecule has 30 heavy (non-hydrogen) atoms. The van der Waals surface area contributed by atoms with Gasteiger partial charge in [0.1, 0.15) is 5.82 Å². The second-order valence-corrected chi connectivity index (χ2v) is 8.71. The molecule has 0 spiro atoms. The maximum atomic E-state index is 14.2. The van der Waals surface area contributed by atoms with Crippen molar-refractivity contribution in [2.75, 3.05) is 5.32 Å². The van der Waals surface area contributed by atoms with Gasteiger partial charge >= 0.3 is 5.69 Å². The zero-order valence-corrected chi connectivity index (χ0v) is 18.6. The van der Waals surface area contributed by atoms with Crippen molar-refractivity contribution in [1.82, 2.24) is 14.5 Å². The Hall–Kier alpha value is -2.81. The fraction of sp³-hybridized carbons (Fsp3) is 0.333. The largest absolute Gasteiger partial charge is 0.330 e. The van der Waals surface area contributed by atoms with E-state index in [1.165, 1.54) is 22.8 Å². The Labute approximate surface area is 180 Å². The van der Waals surface area contributed by atoms with Crippen LogP contribution in [0.4, 0.5) is 10.1 Å². The summed E-state index contributed by atoms with van der Waals surface area (Å²) in [5, 5.41) is 2.51. The number of carbonyl (C=O) groups excluding carboxylic acids is 1. The van der Waals surface area contributed by atoms with Crippen LogP contribution in [0.2, 0.25) is 0 Å². The zero-order valence-electron chi connectivity index (χ0n) is 17.0. The number of carbonyl (C=O) groups is 1. The van der Waals surface area contributed by atoms with E-state index >= 15 is 0 Å². The molecule has 3 rings (SSSR count). The molecule has 0 aliphatic rings. The number of hydrogen-bond donors (Lipinski definition) is 2. The molecule has 0 aliphatic carbocycles. The average molecular weight is 477 g/mol. The van der Waals surface area contributed by atoms with Gasteiger partial charge in [-0.25, -0.2) is 14.2 Å². The summed E-state index contributed by atoms with van der Waals surface area (Å²) < 4.78 is 16.1. The van der Waals surface area contributed by atoms with Crippen molar-refractivity contribution in [2.24, 2.45) is 5.92 Å². The Kier molecular flexibility index (Phi) is 6.21. The van der Waals surface area contributed by atoms with E-state index in [1.807, 2.05) is 27.7 Å². The van der Waals surface area contributed by atoms with Crippen LogP contribution in [-0.2, 0) is 6.54 Å². The highest BCUT2D eigenvalue weighted by Crippen LogP contribution is 2.23. The summed E-state index contributed by atoms with van der Waals surface area (Å²) in [5.74, 6) is -1.24. The number of benzene rings is 1. The first-order valence-electron chi connectivity index (χ1n) is 9.52. The standard InChI is InChI=1S/C21H22BrFN4O3/c1-10(2)9-27-18-17(20(29)26-21(27)30)13(8-16(24-18)11(3)4)19(28)25-15-6-5-12(22)7-14(15)23/h5-8,10-11H,9H2,1-4H3,(H,25,28)(H,26,29,30). The third-order valence-corrected chi connectivity index (χ3v) is 5.02. The van der Waals surface area contributed by atoms with E-state index in [0.29, 0.717) is 16.7 Å². The van der Waals surface area contributed by atoms with Gasteiger partial charge in [-0.3, -0.25) is 19.1 Å². The molecule has 2 heterocycles. The Balaban J connectivity index is 2.26. The predicted molar refractivity (Wildman–Crippen MR) is 118 cm³/mol. The van der Waals surface area contributed by atoms with E-state index < -0.39 is 23.0 Å². The summed E-state index contributed by atoms with van der Waals surface area (Å²) >= 11 is 3.17. The quantitative estimate of drug-likeness (QED) is 0.580. The minimum Gasteiger partial charge on any atom is -0.319 e. The minimum absolute atomic E-state index is 0.00494. The van der Waals surface area contributed by atoms with E-state index in [2.05, 4.69) is 31.2 Å². The molecular formula is C21H22BrFN4O3. The second-order valence-electron chi connectivity index (χ2n) is 7.79. The number of nitrogens with one attached hydrogen (secondary N) is 2. The number of rotatable bonds is 5. The SMILES string of the molecule is CC(C)Cn1c(=O)[nH]c(=O)c2c(C(=O)Nc3ccc(Br)cc3F)cc(C(C)C)nc21. The maximum absolute atomic E-state index is 14.2. The van der Waals surface area contributed by atoms with Crippen LogP contribution in [0, 0.1) is 11.7 Å². The molecule has 0 saturated heterocycles. The molecule has 0 fully saturated rings. The molecule has 0 atom stereocenters. The molecule has 0 unspecified atom stereocenters. The molecule has 9 heteroatoms. The topological polar surface area (TPSA) is 96.9 Å². The van der Waals surface area contributed by atoms with E-state index in [4.69, 9.17) is 0 Å². The van der Waals surface area contributed by atoms with E-state index in [1.54, 1.807) is 6.07 Å². The lowest BCUT2D eigenvalue weighted by Gasteiger charge is -2.16. The Morgan fingerprint density at radius 1 is 1.23 bits per heavy atom. The Bertz CT molecular complexity index is 1250. The first-order valence-corrected chi connectivity index (χ1v) is 10.3. The van der Waals surface area contributed by atoms with Crippen LogP contribution in [0.3, 0.4) is 0 Å². The number of hydrogen-bond acceptors (Lipinski definition) is 4. The lowest BCUT2D eigenvalue weighted by Crippen LogP contribution is -2.33. The highest BCUT2D eigenvalue weighted by Gasteiger charge is 2.21. The van der Waals surface area contributed by atoms with Crippen molar-refractivity contribution in [3.8, 4) is 0 Å². The molecule has 0 radical (unpaired) electrons. The molecule has 3 aromatic rings. The molecule has 7 nitrogen and oxygen atoms in total. The third-order valence-electron chi connectivity index (χ3n) is 4.53. The molecule has 2 N–H and O–H groups in total. The number of pyridine rings is 1. The van der Waals surface area contributed by atoms with Crippen LogP contribution in [0.15, 0.2) is 38.3 Å². The summed E-state index contributed by atoms with van der Waals surface area (Å²) in [5.41, 5.74) is -0.591. The maximum Gasteiger partial charge on any atom is 0.330 e. The van der Waals surface area contributed by atoms with Crippen molar-refractivity contribution in [3.05, 3.63) is 66.7 Å². The summed E-state index contributed by atoms with van der Waals surface area (Å²) in [6.45, 7) is 7.97. The number of amides is 1. The van der Waals surface area contributed by atoms with Crippen LogP contribution in [0.5, 0.6) is 0 Å². The van der Waals surface area contributed by atoms with E-state index in [9.17, 15) is 18.8 Å². The van der Waals surface area contributed by atoms with Crippen molar-refractivity contribution in [1.29, 1.82) is 0 Å². The number of aromatic amines is 1. The number of aromatic nitrogens is 3. The molecule has 158 valence electrons. The monoisotopic (exact) mass is 476 g/mol. The molecule has 1 amide bonds. The first kappa shape index (κ1) is 21.9. The highest BCUT2D eigenvalue weighted by atomic mass is 79.9. The Morgan fingerprint density at radius 2 is 1.93 bits per heavy atom. The van der Waals surface area contributed by atoms with Crippen LogP contribution >= 0.6 is 15.9 Å². The van der Waals surface area contributed by atoms with E-state index in [-0.39, 0.29) is 34.1 Å². The van der Waals surface area contributed by atoms with Crippen LogP contribution in [-0.4, -0.2) is 20.4 Å². The Morgan fingerprint density at radius 3 is 2.53 bits per heavy atom. The third kappa shape index (κ3) is 4.35. The van der Waals surface area contributed by atoms with Gasteiger partial charge in [-0.05, 0) is 36.1 Å². The van der Waals surface area contributed by atoms with Gasteiger partial charge in [-0.1, -0.05) is 43.6 Å². The molecule has 1 aromatic carbocycles. The predicted octanol–water partition coefficient (Wildman–Crippen LogP) is 4.02. The van der Waals surface area contributed by atoms with Gasteiger partial charge in [-0.2, -0.15) is 0 Å². The fourth-order valence-corrected chi connectivity index (χ4v) is 3.42. The van der Waals surface area contributed by atoms with Crippen molar-refractivity contribution in [2.45, 2.75) is 40.2 Å². The molecule has 0 bridgehead atoms. The molecule has 2 aromatic heterocycles. The van der Waals surface area contributed by atoms with Gasteiger partial charge in [0.15, 0.2) is 5.65 Å². The number of nitrogens with zero attached hydrogens (tertiary/aromatic N) is 2. The van der Waals surface area contributed by atoms with Gasteiger partial charge in [0.25, 0.3) is 11.5 Å². The summed E-state index contributed by atoms with van der Waals surface area (Å²) in [4.78, 5) is 44.9. The zero-order chi connectivity index (χ0) is 22.2. The van der Waals surface area contributed by atoms with Gasteiger partial charge in [-0.15, -0.1) is 0 Å². The number of H-pyrrole nitrogens is 1. The van der Waals surface area contributed by atoms with Gasteiger partial charge in [0, 0.05) is 16.7 Å². The van der Waals surface area contributed by atoms with Gasteiger partial charge < -0.3 is 5.32 Å². The molecular weight excluding hydrogens is 455 g/mol. The highest BCUT2D eigenvalue weighted by molar-refractivity contribution is 9.10. The molecule has 0 aliphatic heterocycles. The number of halogens is 2. The van der Waals surface area contributed by atoms with Crippen LogP contribution in [0.1, 0.15) is 49.7 Å². The second kappa shape index (κ2) is 8.51. The minimum atomic E-state index is -0.709. The molecule has 0 saturated carbocycles. The smallest absolute Gasteiger partial charge is 0.319 e. The van der Waals surface area contributed by atoms with Crippen LogP contribution in [0.25, 0.3) is 11.0 Å². The number of anilines is 1. The van der Waals surface area contributed by atoms with Crippen molar-refractivity contribution in [3.63, 3.8) is 0 Å². The van der Waals surface area contributed by atoms with Gasteiger partial charge in [0.2, 0.25) is 0 Å². The fourth-order valence-electron chi connectivity index (χ4n) is 3.08. The first-order chi connectivity index (χ1) is 14.1. The van der Waals surface area contributed by atoms with Crippen molar-refractivity contribution >= 4 is 38.6 Å². The summed E-state index contributed by atoms with van der Waals surface area (Å²) in [6, 6.07) is 5.75. The summed E-state index contributed by atoms with van der Waals surface area (Å²) in [7, 11) is 0. The lowest BCUT2D eigenvalue weighted by atomic mass is 10.0. The summed E-state index contributed by atoms with van der Waals surface area (Å²) in [6.07, 6.45) is 0. The number of fused-ring (bicyclic) bond motifs is 1. The van der Waals surface area contributed by atoms with Gasteiger partial charge in [0.05, 0.1) is 16.6 Å². The van der Waals surface area contributed by atoms with Crippen molar-refractivity contribution < 1.29 is 9.18 Å². The van der Waals surface area contributed by atoms with E-state index in [0.717, 1.165) is 0 Å². The van der Waals surface area contributed by atoms with Crippen LogP contribution < -0.4 is 16.6 Å². The lowest BCUT2D eigenvalue weighted by molar-refractivity contribution is 0.102. The average Bonchev–Trinajstić information content (AvgIpc) is 2.65. The normalized spacial score (nSPS) is 11.5.